The van der Waals surface area contributed by atoms with E-state index in [1.165, 1.54) is 5.56 Å². The average molecular weight is 489 g/mol. The van der Waals surface area contributed by atoms with Crippen LogP contribution in [-0.2, 0) is 11.4 Å². The molecule has 0 saturated heterocycles. The van der Waals surface area contributed by atoms with Gasteiger partial charge < -0.3 is 24.4 Å². The summed E-state index contributed by atoms with van der Waals surface area (Å²) in [5.41, 5.74) is 6.52. The van der Waals surface area contributed by atoms with Gasteiger partial charge in [0.2, 0.25) is 0 Å². The monoisotopic (exact) mass is 488 g/mol. The highest BCUT2D eigenvalue weighted by Gasteiger charge is 2.28. The fraction of sp³-hybridized carbons (Fsp3) is 0.367. The Morgan fingerprint density at radius 2 is 1.83 bits per heavy atom. The molecule has 3 aromatic carbocycles. The lowest BCUT2D eigenvalue weighted by molar-refractivity contribution is -0.137. The SMILES string of the molecule is Cc1cc(OC2CCCC2O)cc(C)c1-c1cccc(COc2ccc3c(c2)OCC3CC(=O)O)c1. The number of aliphatic hydroxyl groups excluding tert-OH is 1. The molecule has 3 unspecified atom stereocenters. The van der Waals surface area contributed by atoms with E-state index in [1.807, 2.05) is 30.3 Å². The summed E-state index contributed by atoms with van der Waals surface area (Å²) < 4.78 is 17.8. The molecule has 0 spiro atoms. The number of carbonyl (C=O) groups is 1. The fourth-order valence-corrected chi connectivity index (χ4v) is 5.38. The summed E-state index contributed by atoms with van der Waals surface area (Å²) in [6, 6.07) is 18.1. The zero-order valence-electron chi connectivity index (χ0n) is 20.7. The molecule has 188 valence electrons. The van der Waals surface area contributed by atoms with Crippen molar-refractivity contribution in [1.82, 2.24) is 0 Å². The molecule has 3 atom stereocenters. The van der Waals surface area contributed by atoms with E-state index in [-0.39, 0.29) is 24.5 Å². The molecule has 3 aromatic rings. The molecule has 6 heteroatoms. The predicted octanol–water partition coefficient (Wildman–Crippen LogP) is 5.79. The van der Waals surface area contributed by atoms with Crippen LogP contribution in [0.4, 0.5) is 0 Å². The van der Waals surface area contributed by atoms with E-state index in [4.69, 9.17) is 19.3 Å². The molecule has 0 aromatic heterocycles. The van der Waals surface area contributed by atoms with Crippen molar-refractivity contribution in [2.24, 2.45) is 0 Å². The van der Waals surface area contributed by atoms with Crippen LogP contribution in [0, 0.1) is 13.8 Å². The lowest BCUT2D eigenvalue weighted by atomic mass is 9.94. The minimum Gasteiger partial charge on any atom is -0.492 e. The minimum absolute atomic E-state index is 0.0640. The van der Waals surface area contributed by atoms with Crippen molar-refractivity contribution in [2.75, 3.05) is 6.61 Å². The standard InChI is InChI=1S/C30H32O6/c1-18-11-24(36-27-8-4-7-26(27)31)12-19(2)30(18)21-6-3-5-20(13-21)16-34-23-9-10-25-22(14-29(32)33)17-35-28(25)15-23/h3,5-6,9-13,15,22,26-27,31H,4,7-8,14,16-17H2,1-2H3,(H,32,33). The van der Waals surface area contributed by atoms with Crippen LogP contribution in [0.25, 0.3) is 11.1 Å². The third-order valence-electron chi connectivity index (χ3n) is 7.12. The van der Waals surface area contributed by atoms with Crippen LogP contribution in [0.2, 0.25) is 0 Å². The van der Waals surface area contributed by atoms with Crippen LogP contribution in [-0.4, -0.2) is 35.0 Å². The molecule has 5 rings (SSSR count). The normalized spacial score (nSPS) is 20.6. The maximum atomic E-state index is 11.1. The van der Waals surface area contributed by atoms with Gasteiger partial charge in [0.05, 0.1) is 19.1 Å². The molecule has 1 heterocycles. The Labute approximate surface area is 211 Å². The zero-order chi connectivity index (χ0) is 25.2. The van der Waals surface area contributed by atoms with E-state index >= 15 is 0 Å². The van der Waals surface area contributed by atoms with Gasteiger partial charge in [-0.2, -0.15) is 0 Å². The van der Waals surface area contributed by atoms with Gasteiger partial charge in [0, 0.05) is 17.5 Å². The molecule has 6 nitrogen and oxygen atoms in total. The highest BCUT2D eigenvalue weighted by molar-refractivity contribution is 5.72. The van der Waals surface area contributed by atoms with E-state index in [1.54, 1.807) is 0 Å². The molecule has 1 fully saturated rings. The third kappa shape index (κ3) is 5.19. The first-order valence-electron chi connectivity index (χ1n) is 12.5. The van der Waals surface area contributed by atoms with Gasteiger partial charge in [-0.05, 0) is 85.2 Å². The first-order chi connectivity index (χ1) is 17.4. The van der Waals surface area contributed by atoms with E-state index < -0.39 is 5.97 Å². The van der Waals surface area contributed by atoms with Crippen molar-refractivity contribution >= 4 is 5.97 Å². The first kappa shape index (κ1) is 24.2. The highest BCUT2D eigenvalue weighted by atomic mass is 16.5. The Balaban J connectivity index is 1.28. The molecule has 0 bridgehead atoms. The fourth-order valence-electron chi connectivity index (χ4n) is 5.38. The van der Waals surface area contributed by atoms with Crippen molar-refractivity contribution in [3.05, 3.63) is 76.9 Å². The van der Waals surface area contributed by atoms with E-state index in [2.05, 4.69) is 38.1 Å². The number of rotatable bonds is 8. The Morgan fingerprint density at radius 3 is 2.56 bits per heavy atom. The maximum Gasteiger partial charge on any atom is 0.304 e. The third-order valence-corrected chi connectivity index (χ3v) is 7.12. The van der Waals surface area contributed by atoms with E-state index in [9.17, 15) is 9.90 Å². The van der Waals surface area contributed by atoms with Gasteiger partial charge in [-0.15, -0.1) is 0 Å². The smallest absolute Gasteiger partial charge is 0.304 e. The highest BCUT2D eigenvalue weighted by Crippen LogP contribution is 2.38. The van der Waals surface area contributed by atoms with Gasteiger partial charge in [-0.3, -0.25) is 4.79 Å². The van der Waals surface area contributed by atoms with E-state index in [0.29, 0.717) is 24.7 Å². The van der Waals surface area contributed by atoms with Crippen molar-refractivity contribution in [3.63, 3.8) is 0 Å². The topological polar surface area (TPSA) is 85.2 Å². The number of aryl methyl sites for hydroxylation is 2. The Hall–Kier alpha value is -3.51. The number of aliphatic carboxylic acids is 1. The minimum atomic E-state index is -0.822. The van der Waals surface area contributed by atoms with Crippen LogP contribution < -0.4 is 14.2 Å². The van der Waals surface area contributed by atoms with Gasteiger partial charge in [0.25, 0.3) is 0 Å². The van der Waals surface area contributed by atoms with Gasteiger partial charge in [0.15, 0.2) is 0 Å². The summed E-state index contributed by atoms with van der Waals surface area (Å²) in [5.74, 6) is 1.26. The number of hydrogen-bond donors (Lipinski definition) is 2. The summed E-state index contributed by atoms with van der Waals surface area (Å²) in [7, 11) is 0. The van der Waals surface area contributed by atoms with Crippen molar-refractivity contribution < 1.29 is 29.2 Å². The number of carboxylic acids is 1. The Kier molecular flexibility index (Phi) is 6.88. The van der Waals surface area contributed by atoms with Gasteiger partial charge in [0.1, 0.15) is 30.0 Å². The van der Waals surface area contributed by atoms with E-state index in [0.717, 1.165) is 52.8 Å². The van der Waals surface area contributed by atoms with Crippen LogP contribution in [0.15, 0.2) is 54.6 Å². The molecule has 2 N–H and O–H groups in total. The zero-order valence-corrected chi connectivity index (χ0v) is 20.7. The molecule has 2 aliphatic rings. The Morgan fingerprint density at radius 1 is 1.03 bits per heavy atom. The molecule has 1 aliphatic heterocycles. The van der Waals surface area contributed by atoms with Crippen LogP contribution in [0.3, 0.4) is 0 Å². The number of carboxylic acid groups (broad SMARTS) is 1. The molecule has 36 heavy (non-hydrogen) atoms. The largest absolute Gasteiger partial charge is 0.492 e. The van der Waals surface area contributed by atoms with Gasteiger partial charge in [-0.1, -0.05) is 24.3 Å². The van der Waals surface area contributed by atoms with Crippen LogP contribution in [0.1, 0.15) is 53.9 Å². The summed E-state index contributed by atoms with van der Waals surface area (Å²) in [4.78, 5) is 11.1. The van der Waals surface area contributed by atoms with Crippen molar-refractivity contribution in [1.29, 1.82) is 0 Å². The second-order valence-corrected chi connectivity index (χ2v) is 9.88. The summed E-state index contributed by atoms with van der Waals surface area (Å²) in [6.45, 7) is 4.97. The van der Waals surface area contributed by atoms with Crippen LogP contribution >= 0.6 is 0 Å². The molecule has 1 aliphatic carbocycles. The average Bonchev–Trinajstić information content (AvgIpc) is 3.42. The number of ether oxygens (including phenoxy) is 3. The quantitative estimate of drug-likeness (QED) is 0.417. The van der Waals surface area contributed by atoms with Crippen LogP contribution in [0.5, 0.6) is 17.2 Å². The molecule has 0 radical (unpaired) electrons. The Bertz CT molecular complexity index is 1240. The molecule has 0 amide bonds. The first-order valence-corrected chi connectivity index (χ1v) is 12.5. The molecular weight excluding hydrogens is 456 g/mol. The second kappa shape index (κ2) is 10.2. The molecule has 1 saturated carbocycles. The van der Waals surface area contributed by atoms with Crippen molar-refractivity contribution in [2.45, 2.75) is 64.3 Å². The summed E-state index contributed by atoms with van der Waals surface area (Å²) in [6.07, 6.45) is 2.25. The number of hydrogen-bond acceptors (Lipinski definition) is 5. The lowest BCUT2D eigenvalue weighted by Gasteiger charge is -2.20. The number of aliphatic hydroxyl groups is 1. The number of benzene rings is 3. The maximum absolute atomic E-state index is 11.1. The van der Waals surface area contributed by atoms with Gasteiger partial charge >= 0.3 is 5.97 Å². The summed E-state index contributed by atoms with van der Waals surface area (Å²) >= 11 is 0. The second-order valence-electron chi connectivity index (χ2n) is 9.88. The lowest BCUT2D eigenvalue weighted by Crippen LogP contribution is -2.25. The number of fused-ring (bicyclic) bond motifs is 1. The summed E-state index contributed by atoms with van der Waals surface area (Å²) in [5, 5.41) is 19.2. The molecular formula is C30H32O6. The van der Waals surface area contributed by atoms with Gasteiger partial charge in [-0.25, -0.2) is 0 Å². The van der Waals surface area contributed by atoms with Crippen molar-refractivity contribution in [3.8, 4) is 28.4 Å². The predicted molar refractivity (Wildman–Crippen MR) is 137 cm³/mol.